The van der Waals surface area contributed by atoms with Crippen molar-refractivity contribution in [2.75, 3.05) is 17.2 Å². The Morgan fingerprint density at radius 3 is 2.21 bits per heavy atom. The number of hydrogen-bond donors (Lipinski definition) is 7. The van der Waals surface area contributed by atoms with Gasteiger partial charge < -0.3 is 45.5 Å². The molecule has 0 aliphatic carbocycles. The number of carbonyl (C=O) groups is 4. The monoisotopic (exact) mass is 807 g/mol. The third-order valence-electron chi connectivity index (χ3n) is 8.98. The number of rotatable bonds is 10. The number of esters is 1. The number of thiocarbonyl (C=S) groups is 1. The molecule has 1 spiro atoms. The summed E-state index contributed by atoms with van der Waals surface area (Å²) >= 11 is 5.51. The van der Waals surface area contributed by atoms with E-state index in [2.05, 4.69) is 31.6 Å². The third-order valence-corrected chi connectivity index (χ3v) is 9.23. The van der Waals surface area contributed by atoms with Crippen molar-refractivity contribution in [3.05, 3.63) is 118 Å². The molecule has 3 heterocycles. The van der Waals surface area contributed by atoms with Gasteiger partial charge in [-0.15, -0.1) is 5.10 Å². The first kappa shape index (κ1) is 39.0. The number of carbonyl (C=O) groups excluding carboxylic acids is 3. The molecule has 4 aromatic carbocycles. The van der Waals surface area contributed by atoms with Gasteiger partial charge in [-0.05, 0) is 94.0 Å². The van der Waals surface area contributed by atoms with Gasteiger partial charge in [-0.1, -0.05) is 11.3 Å². The molecular formula is C40H37N7O10S. The number of phenolic OH excluding ortho intramolecular Hbond substituents is 2. The molecule has 0 unspecified atom stereocenters. The van der Waals surface area contributed by atoms with Crippen molar-refractivity contribution in [3.8, 4) is 23.0 Å². The molecule has 5 aromatic rings. The Bertz CT molecular complexity index is 2440. The van der Waals surface area contributed by atoms with Crippen LogP contribution in [-0.4, -0.2) is 71.5 Å². The summed E-state index contributed by atoms with van der Waals surface area (Å²) in [5.41, 5.74) is 0.650. The highest BCUT2D eigenvalue weighted by molar-refractivity contribution is 7.80. The Labute approximate surface area is 335 Å². The van der Waals surface area contributed by atoms with Gasteiger partial charge in [-0.25, -0.2) is 14.4 Å². The summed E-state index contributed by atoms with van der Waals surface area (Å²) in [5.74, 6) is -1.94. The van der Waals surface area contributed by atoms with Crippen molar-refractivity contribution in [2.45, 2.75) is 51.5 Å². The summed E-state index contributed by atoms with van der Waals surface area (Å²) in [7, 11) is 0. The Balaban J connectivity index is 0.922. The van der Waals surface area contributed by atoms with E-state index in [4.69, 9.17) is 26.4 Å². The Morgan fingerprint density at radius 2 is 1.53 bits per heavy atom. The number of ether oxygens (including phenoxy) is 3. The van der Waals surface area contributed by atoms with Gasteiger partial charge >= 0.3 is 18.0 Å². The lowest BCUT2D eigenvalue weighted by Gasteiger charge is -2.36. The number of carboxylic acids is 1. The van der Waals surface area contributed by atoms with Crippen LogP contribution in [-0.2, 0) is 28.2 Å². The summed E-state index contributed by atoms with van der Waals surface area (Å²) < 4.78 is 18.9. The van der Waals surface area contributed by atoms with Crippen LogP contribution in [0.4, 0.5) is 16.2 Å². The van der Waals surface area contributed by atoms with Crippen molar-refractivity contribution in [2.24, 2.45) is 0 Å². The van der Waals surface area contributed by atoms with Gasteiger partial charge in [-0.3, -0.25) is 14.8 Å². The molecule has 17 nitrogen and oxygen atoms in total. The van der Waals surface area contributed by atoms with Crippen LogP contribution >= 0.6 is 12.2 Å². The quantitative estimate of drug-likeness (QED) is 0.0516. The standard InChI is InChI=1S/C40H37N7O10S/c1-39(2,3)57-38(54)44-24-14-21(13-22(15-24)35(51)52)34(50)42-19-25-20-47(46-45-25)12-4-11-41-37(58)43-23-5-8-29-28(16-23)36(53)56-40(29)30-9-6-26(48)17-32(30)55-33-18-27(49)7-10-31(33)40/h5-10,13-18,20,48-49H,4,11-12,19H2,1-3H3,(H,42,50)(H,44,54)(H,51,52)(H2,41,43,58). The second-order valence-corrected chi connectivity index (χ2v) is 14.8. The number of aromatic hydroxyl groups is 2. The number of fused-ring (bicyclic) bond motifs is 6. The van der Waals surface area contributed by atoms with E-state index in [1.165, 1.54) is 42.5 Å². The highest BCUT2D eigenvalue weighted by Gasteiger charge is 2.53. The van der Waals surface area contributed by atoms with Gasteiger partial charge in [0.1, 0.15) is 34.3 Å². The zero-order valence-electron chi connectivity index (χ0n) is 31.3. The lowest BCUT2D eigenvalue weighted by molar-refractivity contribution is 0.0223. The molecule has 2 aliphatic heterocycles. The first-order valence-corrected chi connectivity index (χ1v) is 18.3. The number of aryl methyl sites for hydroxylation is 1. The maximum atomic E-state index is 13.4. The van der Waals surface area contributed by atoms with Crippen LogP contribution in [0.2, 0.25) is 0 Å². The van der Waals surface area contributed by atoms with Crippen molar-refractivity contribution in [3.63, 3.8) is 0 Å². The van der Waals surface area contributed by atoms with E-state index in [1.807, 2.05) is 0 Å². The van der Waals surface area contributed by atoms with Crippen LogP contribution < -0.4 is 26.0 Å². The summed E-state index contributed by atoms with van der Waals surface area (Å²) in [6.45, 7) is 5.99. The minimum atomic E-state index is -1.37. The van der Waals surface area contributed by atoms with Gasteiger partial charge in [0, 0.05) is 58.9 Å². The highest BCUT2D eigenvalue weighted by Crippen LogP contribution is 2.57. The smallest absolute Gasteiger partial charge is 0.412 e. The average molecular weight is 808 g/mol. The largest absolute Gasteiger partial charge is 0.508 e. The maximum Gasteiger partial charge on any atom is 0.412 e. The molecule has 298 valence electrons. The molecule has 7 rings (SSSR count). The van der Waals surface area contributed by atoms with Gasteiger partial charge in [0.2, 0.25) is 0 Å². The van der Waals surface area contributed by atoms with E-state index in [0.29, 0.717) is 58.3 Å². The number of amides is 2. The van der Waals surface area contributed by atoms with E-state index < -0.39 is 35.1 Å². The molecule has 0 radical (unpaired) electrons. The summed E-state index contributed by atoms with van der Waals surface area (Å²) in [6.07, 6.45) is 1.46. The van der Waals surface area contributed by atoms with Crippen LogP contribution in [0.5, 0.6) is 23.0 Å². The van der Waals surface area contributed by atoms with Gasteiger partial charge in [0.25, 0.3) is 5.91 Å². The van der Waals surface area contributed by atoms with Crippen LogP contribution in [0.25, 0.3) is 0 Å². The third kappa shape index (κ3) is 8.17. The molecule has 0 saturated carbocycles. The number of nitrogens with one attached hydrogen (secondary N) is 4. The molecule has 0 fully saturated rings. The van der Waals surface area contributed by atoms with Crippen LogP contribution in [0.15, 0.2) is 79.0 Å². The number of benzene rings is 4. The predicted molar refractivity (Wildman–Crippen MR) is 211 cm³/mol. The Kier molecular flexibility index (Phi) is 10.4. The minimum absolute atomic E-state index is 0.00659. The molecule has 2 amide bonds. The predicted octanol–water partition coefficient (Wildman–Crippen LogP) is 5.61. The Morgan fingerprint density at radius 1 is 0.862 bits per heavy atom. The number of aromatic nitrogens is 3. The van der Waals surface area contributed by atoms with Crippen molar-refractivity contribution >= 4 is 52.6 Å². The lowest BCUT2D eigenvalue weighted by atomic mass is 9.77. The van der Waals surface area contributed by atoms with Crippen molar-refractivity contribution < 1.29 is 48.7 Å². The number of anilines is 2. The van der Waals surface area contributed by atoms with Gasteiger partial charge in [0.05, 0.1) is 23.9 Å². The average Bonchev–Trinajstić information content (AvgIpc) is 3.72. The SMILES string of the molecule is CC(C)(C)OC(=O)Nc1cc(C(=O)O)cc(C(=O)NCc2cn(CCCNC(=S)Nc3ccc4c(c3)C(=O)OC43c4ccc(O)cc4Oc4cc(O)ccc43)nn2)c1. The lowest BCUT2D eigenvalue weighted by Crippen LogP contribution is -2.33. The fraction of sp³-hybridized carbons (Fsp3) is 0.225. The molecular weight excluding hydrogens is 771 g/mol. The van der Waals surface area contributed by atoms with E-state index in [9.17, 15) is 34.5 Å². The first-order chi connectivity index (χ1) is 27.6. The minimum Gasteiger partial charge on any atom is -0.508 e. The molecule has 0 bridgehead atoms. The van der Waals surface area contributed by atoms with Crippen molar-refractivity contribution in [1.82, 2.24) is 25.6 Å². The van der Waals surface area contributed by atoms with Gasteiger partial charge in [-0.2, -0.15) is 0 Å². The van der Waals surface area contributed by atoms with Gasteiger partial charge in [0.15, 0.2) is 10.7 Å². The van der Waals surface area contributed by atoms with E-state index in [1.54, 1.807) is 62.0 Å². The molecule has 2 aliphatic rings. The highest BCUT2D eigenvalue weighted by atomic mass is 32.1. The number of phenols is 2. The summed E-state index contributed by atoms with van der Waals surface area (Å²) in [5, 5.41) is 49.7. The van der Waals surface area contributed by atoms with Crippen LogP contribution in [0.1, 0.15) is 80.7 Å². The number of hydrogen-bond acceptors (Lipinski definition) is 12. The summed E-state index contributed by atoms with van der Waals surface area (Å²) in [6, 6.07) is 18.1. The van der Waals surface area contributed by atoms with E-state index >= 15 is 0 Å². The topological polar surface area (TPSA) is 235 Å². The zero-order chi connectivity index (χ0) is 41.4. The fourth-order valence-corrected chi connectivity index (χ4v) is 6.80. The van der Waals surface area contributed by atoms with Crippen LogP contribution in [0.3, 0.4) is 0 Å². The number of carboxylic acid groups (broad SMARTS) is 1. The van der Waals surface area contributed by atoms with E-state index in [0.717, 1.165) is 0 Å². The normalized spacial score (nSPS) is 13.3. The second-order valence-electron chi connectivity index (χ2n) is 14.4. The molecule has 58 heavy (non-hydrogen) atoms. The molecule has 0 saturated heterocycles. The van der Waals surface area contributed by atoms with E-state index in [-0.39, 0.29) is 46.4 Å². The molecule has 0 atom stereocenters. The summed E-state index contributed by atoms with van der Waals surface area (Å²) in [4.78, 5) is 50.3. The zero-order valence-corrected chi connectivity index (χ0v) is 32.1. The Hall–Kier alpha value is -7.21. The van der Waals surface area contributed by atoms with Crippen LogP contribution in [0, 0.1) is 0 Å². The molecule has 18 heteroatoms. The molecule has 7 N–H and O–H groups in total. The number of nitrogens with zero attached hydrogens (tertiary/aromatic N) is 3. The maximum absolute atomic E-state index is 13.4. The van der Waals surface area contributed by atoms with Crippen molar-refractivity contribution in [1.29, 1.82) is 0 Å². The second kappa shape index (κ2) is 15.4. The number of aromatic carboxylic acids is 1. The fourth-order valence-electron chi connectivity index (χ4n) is 6.58. The first-order valence-electron chi connectivity index (χ1n) is 17.9. The molecule has 1 aromatic heterocycles.